The van der Waals surface area contributed by atoms with Gasteiger partial charge < -0.3 is 9.73 Å². The highest BCUT2D eigenvalue weighted by Gasteiger charge is 2.23. The number of pyridine rings is 1. The highest BCUT2D eigenvalue weighted by molar-refractivity contribution is 6.23. The number of nitrogens with one attached hydrogen (secondary N) is 1. The maximum atomic E-state index is 6.47. The number of nitrogens with zero attached hydrogens (tertiary/aromatic N) is 4. The molecule has 0 spiro atoms. The number of aromatic nitrogens is 2. The van der Waals surface area contributed by atoms with E-state index in [4.69, 9.17) is 19.4 Å². The molecule has 0 radical (unpaired) electrons. The van der Waals surface area contributed by atoms with E-state index in [1.807, 2.05) is 66.7 Å². The van der Waals surface area contributed by atoms with Crippen LogP contribution in [0.2, 0.25) is 0 Å². The molecule has 4 heterocycles. The normalized spacial score (nSPS) is 15.0. The second-order valence-electron chi connectivity index (χ2n) is 10.9. The van der Waals surface area contributed by atoms with Crippen LogP contribution in [0.15, 0.2) is 154 Å². The van der Waals surface area contributed by atoms with Crippen LogP contribution in [0.4, 0.5) is 0 Å². The molecule has 6 nitrogen and oxygen atoms in total. The second-order valence-corrected chi connectivity index (χ2v) is 10.9. The summed E-state index contributed by atoms with van der Waals surface area (Å²) < 4.78 is 8.68. The zero-order chi connectivity index (χ0) is 29.0. The third-order valence-corrected chi connectivity index (χ3v) is 8.28. The van der Waals surface area contributed by atoms with Gasteiger partial charge in [0.2, 0.25) is 0 Å². The third kappa shape index (κ3) is 3.85. The van der Waals surface area contributed by atoms with Crippen molar-refractivity contribution in [3.8, 4) is 5.82 Å². The Hall–Kier alpha value is -6.01. The molecule has 1 atom stereocenters. The van der Waals surface area contributed by atoms with Gasteiger partial charge in [0.1, 0.15) is 34.7 Å². The van der Waals surface area contributed by atoms with Crippen LogP contribution in [0, 0.1) is 0 Å². The zero-order valence-corrected chi connectivity index (χ0v) is 23.6. The van der Waals surface area contributed by atoms with Gasteiger partial charge >= 0.3 is 0 Å². The number of hydrogen-bond donors (Lipinski definition) is 1. The molecule has 6 heteroatoms. The Morgan fingerprint density at radius 2 is 1.36 bits per heavy atom. The maximum absolute atomic E-state index is 6.47. The molecule has 1 aliphatic rings. The van der Waals surface area contributed by atoms with Crippen molar-refractivity contribution in [1.29, 1.82) is 0 Å². The maximum Gasteiger partial charge on any atom is 0.178 e. The molecular weight excluding hydrogens is 542 g/mol. The van der Waals surface area contributed by atoms with Crippen molar-refractivity contribution < 1.29 is 4.42 Å². The van der Waals surface area contributed by atoms with Gasteiger partial charge in [-0.05, 0) is 42.0 Å². The fraction of sp³-hybridized carbons (Fsp3) is 0.0263. The van der Waals surface area contributed by atoms with Crippen LogP contribution in [0.3, 0.4) is 0 Å². The summed E-state index contributed by atoms with van der Waals surface area (Å²) in [5, 5.41) is 7.94. The molecular formula is C38H25N5O. The van der Waals surface area contributed by atoms with Gasteiger partial charge in [0.05, 0.1) is 16.4 Å². The first kappa shape index (κ1) is 24.6. The molecule has 0 amide bonds. The van der Waals surface area contributed by atoms with E-state index in [9.17, 15) is 0 Å². The van der Waals surface area contributed by atoms with Crippen LogP contribution in [0.5, 0.6) is 0 Å². The van der Waals surface area contributed by atoms with E-state index in [1.165, 1.54) is 0 Å². The molecule has 1 aliphatic heterocycles. The molecule has 208 valence electrons. The quantitative estimate of drug-likeness (QED) is 0.232. The minimum absolute atomic E-state index is 0.293. The standard InChI is InChI=1S/C38H25N5O/c1-3-12-24(13-4-1)36-40-37(25-14-5-2-6-15-25)42-38(41-36)29-18-11-21-33(39-29)43-30-19-9-7-17-28(30)34-31(43)23-22-27-26-16-8-10-20-32(26)44-35(27)34/h1-23,36H,(H,40,41,42). The highest BCUT2D eigenvalue weighted by atomic mass is 16.3. The van der Waals surface area contributed by atoms with Gasteiger partial charge in [-0.3, -0.25) is 4.57 Å². The van der Waals surface area contributed by atoms with Crippen LogP contribution < -0.4 is 5.32 Å². The van der Waals surface area contributed by atoms with E-state index in [-0.39, 0.29) is 6.17 Å². The number of rotatable bonds is 4. The Labute approximate surface area is 252 Å². The van der Waals surface area contributed by atoms with Crippen molar-refractivity contribution in [3.05, 3.63) is 156 Å². The number of para-hydroxylation sites is 2. The highest BCUT2D eigenvalue weighted by Crippen LogP contribution is 2.40. The number of fused-ring (bicyclic) bond motifs is 7. The molecule has 1 unspecified atom stereocenters. The first-order chi connectivity index (χ1) is 21.8. The number of hydrogen-bond acceptors (Lipinski definition) is 5. The summed E-state index contributed by atoms with van der Waals surface area (Å²) in [6.45, 7) is 0. The fourth-order valence-corrected chi connectivity index (χ4v) is 6.27. The number of aliphatic imine (C=N–C) groups is 2. The average molecular weight is 568 g/mol. The van der Waals surface area contributed by atoms with Crippen LogP contribution in [0.1, 0.15) is 23.0 Å². The Kier molecular flexibility index (Phi) is 5.46. The fourth-order valence-electron chi connectivity index (χ4n) is 6.27. The second kappa shape index (κ2) is 9.78. The minimum Gasteiger partial charge on any atom is -0.455 e. The van der Waals surface area contributed by atoms with Crippen LogP contribution in [0.25, 0.3) is 49.6 Å². The molecule has 5 aromatic carbocycles. The topological polar surface area (TPSA) is 67.7 Å². The van der Waals surface area contributed by atoms with Crippen molar-refractivity contribution in [2.75, 3.05) is 0 Å². The average Bonchev–Trinajstić information content (AvgIpc) is 3.65. The molecule has 3 aromatic heterocycles. The predicted molar refractivity (Wildman–Crippen MR) is 178 cm³/mol. The van der Waals surface area contributed by atoms with E-state index in [0.717, 1.165) is 66.5 Å². The van der Waals surface area contributed by atoms with Crippen molar-refractivity contribution >= 4 is 55.4 Å². The molecule has 0 fully saturated rings. The van der Waals surface area contributed by atoms with E-state index in [1.54, 1.807) is 0 Å². The summed E-state index contributed by atoms with van der Waals surface area (Å²) in [6.07, 6.45) is -0.293. The smallest absolute Gasteiger partial charge is 0.178 e. The van der Waals surface area contributed by atoms with E-state index < -0.39 is 0 Å². The van der Waals surface area contributed by atoms with Gasteiger partial charge in [0.15, 0.2) is 5.84 Å². The van der Waals surface area contributed by atoms with Gasteiger partial charge in [0.25, 0.3) is 0 Å². The van der Waals surface area contributed by atoms with Crippen LogP contribution in [-0.2, 0) is 0 Å². The van der Waals surface area contributed by atoms with E-state index in [0.29, 0.717) is 11.5 Å². The molecule has 0 aliphatic carbocycles. The van der Waals surface area contributed by atoms with Gasteiger partial charge in [-0.2, -0.15) is 0 Å². The van der Waals surface area contributed by atoms with Gasteiger partial charge in [0, 0.05) is 21.7 Å². The molecule has 8 aromatic rings. The summed E-state index contributed by atoms with van der Waals surface area (Å²) in [4.78, 5) is 15.2. The molecule has 44 heavy (non-hydrogen) atoms. The Bertz CT molecular complexity index is 2420. The first-order valence-corrected chi connectivity index (χ1v) is 14.7. The van der Waals surface area contributed by atoms with Gasteiger partial charge in [-0.1, -0.05) is 103 Å². The van der Waals surface area contributed by atoms with Crippen molar-refractivity contribution in [1.82, 2.24) is 14.9 Å². The van der Waals surface area contributed by atoms with Crippen molar-refractivity contribution in [2.45, 2.75) is 6.17 Å². The zero-order valence-electron chi connectivity index (χ0n) is 23.6. The Morgan fingerprint density at radius 3 is 2.23 bits per heavy atom. The largest absolute Gasteiger partial charge is 0.455 e. The van der Waals surface area contributed by atoms with Crippen LogP contribution >= 0.6 is 0 Å². The lowest BCUT2D eigenvalue weighted by Crippen LogP contribution is -2.33. The summed E-state index contributed by atoms with van der Waals surface area (Å²) in [6, 6.07) is 47.4. The lowest BCUT2D eigenvalue weighted by atomic mass is 10.1. The summed E-state index contributed by atoms with van der Waals surface area (Å²) in [7, 11) is 0. The van der Waals surface area contributed by atoms with Crippen molar-refractivity contribution in [2.24, 2.45) is 9.98 Å². The van der Waals surface area contributed by atoms with Gasteiger partial charge in [-0.25, -0.2) is 15.0 Å². The molecule has 1 N–H and O–H groups in total. The third-order valence-electron chi connectivity index (χ3n) is 8.28. The lowest BCUT2D eigenvalue weighted by Gasteiger charge is -2.23. The number of furan rings is 1. The van der Waals surface area contributed by atoms with Gasteiger partial charge in [-0.15, -0.1) is 0 Å². The predicted octanol–water partition coefficient (Wildman–Crippen LogP) is 8.57. The molecule has 0 bridgehead atoms. The summed E-state index contributed by atoms with van der Waals surface area (Å²) in [5.74, 6) is 2.14. The van der Waals surface area contributed by atoms with E-state index >= 15 is 0 Å². The minimum atomic E-state index is -0.293. The Morgan fingerprint density at radius 1 is 0.614 bits per heavy atom. The summed E-state index contributed by atoms with van der Waals surface area (Å²) >= 11 is 0. The molecule has 0 saturated heterocycles. The van der Waals surface area contributed by atoms with Crippen molar-refractivity contribution in [3.63, 3.8) is 0 Å². The summed E-state index contributed by atoms with van der Waals surface area (Å²) in [5.41, 5.74) is 6.62. The number of amidine groups is 2. The lowest BCUT2D eigenvalue weighted by molar-refractivity contribution is 0.673. The Balaban J connectivity index is 1.24. The molecule has 9 rings (SSSR count). The van der Waals surface area contributed by atoms with E-state index in [2.05, 4.69) is 82.7 Å². The number of benzene rings is 5. The van der Waals surface area contributed by atoms with Crippen LogP contribution in [-0.4, -0.2) is 21.2 Å². The monoisotopic (exact) mass is 567 g/mol. The SMILES string of the molecule is c1ccc(C2=NC(c3cccc(-n4c5ccccc5c5c6oc7ccccc7c6ccc54)n3)=NC(c3ccccc3)N2)cc1. The first-order valence-electron chi connectivity index (χ1n) is 14.7. The molecule has 0 saturated carbocycles.